The second-order valence-corrected chi connectivity index (χ2v) is 5.84. The monoisotopic (exact) mass is 313 g/mol. The van der Waals surface area contributed by atoms with Gasteiger partial charge in [0.25, 0.3) is 0 Å². The minimum absolute atomic E-state index is 0.264. The maximum atomic E-state index is 13.5. The molecule has 0 spiro atoms. The fourth-order valence-corrected chi connectivity index (χ4v) is 2.43. The molecule has 0 saturated carbocycles. The molecule has 6 heteroatoms. The Morgan fingerprint density at radius 2 is 1.91 bits per heavy atom. The summed E-state index contributed by atoms with van der Waals surface area (Å²) in [6.07, 6.45) is 1.72. The van der Waals surface area contributed by atoms with E-state index in [0.29, 0.717) is 0 Å². The molecule has 0 aliphatic carbocycles. The number of rotatable bonds is 5. The van der Waals surface area contributed by atoms with E-state index < -0.39 is 0 Å². The van der Waals surface area contributed by atoms with Crippen molar-refractivity contribution in [3.8, 4) is 11.3 Å². The van der Waals surface area contributed by atoms with Crippen LogP contribution in [0.1, 0.15) is 0 Å². The van der Waals surface area contributed by atoms with Crippen molar-refractivity contribution in [3.63, 3.8) is 0 Å². The van der Waals surface area contributed by atoms with Crippen molar-refractivity contribution in [1.29, 1.82) is 0 Å². The van der Waals surface area contributed by atoms with Gasteiger partial charge in [0, 0.05) is 37.8 Å². The maximum absolute atomic E-state index is 13.5. The van der Waals surface area contributed by atoms with Crippen molar-refractivity contribution in [2.75, 3.05) is 39.1 Å². The predicted molar refractivity (Wildman–Crippen MR) is 90.2 cm³/mol. The average Bonchev–Trinajstić information content (AvgIpc) is 3.00. The lowest BCUT2D eigenvalue weighted by Gasteiger charge is -2.22. The number of halogens is 1. The highest BCUT2D eigenvalue weighted by atomic mass is 19.1. The van der Waals surface area contributed by atoms with Crippen LogP contribution in [0.15, 0.2) is 42.6 Å². The third-order valence-corrected chi connectivity index (χ3v) is 3.73. The number of nitrogens with zero attached hydrogens (tertiary/aromatic N) is 5. The number of fused-ring (bicyclic) bond motifs is 1. The van der Waals surface area contributed by atoms with Crippen molar-refractivity contribution in [2.45, 2.75) is 0 Å². The summed E-state index contributed by atoms with van der Waals surface area (Å²) in [5.41, 5.74) is 2.25. The zero-order valence-corrected chi connectivity index (χ0v) is 13.6. The molecule has 0 amide bonds. The molecule has 3 rings (SSSR count). The Kier molecular flexibility index (Phi) is 4.25. The summed E-state index contributed by atoms with van der Waals surface area (Å²) in [7, 11) is 6.11. The highest BCUT2D eigenvalue weighted by Crippen LogP contribution is 2.24. The van der Waals surface area contributed by atoms with E-state index in [0.717, 1.165) is 35.8 Å². The first-order valence-electron chi connectivity index (χ1n) is 7.51. The topological polar surface area (TPSA) is 36.7 Å². The molecule has 2 heterocycles. The van der Waals surface area contributed by atoms with E-state index in [9.17, 15) is 4.39 Å². The number of anilines is 1. The largest absolute Gasteiger partial charge is 0.358 e. The summed E-state index contributed by atoms with van der Waals surface area (Å²) in [4.78, 5) is 8.84. The number of likely N-dealkylation sites (N-methyl/N-ethyl adjacent to an activating group) is 2. The Morgan fingerprint density at radius 3 is 2.65 bits per heavy atom. The molecule has 0 bridgehead atoms. The van der Waals surface area contributed by atoms with Gasteiger partial charge in [0.2, 0.25) is 0 Å². The van der Waals surface area contributed by atoms with Crippen molar-refractivity contribution < 1.29 is 4.39 Å². The summed E-state index contributed by atoms with van der Waals surface area (Å²) in [5.74, 6) is 0.668. The van der Waals surface area contributed by atoms with Crippen LogP contribution in [-0.4, -0.2) is 53.7 Å². The smallest absolute Gasteiger partial charge is 0.157 e. The van der Waals surface area contributed by atoms with Crippen LogP contribution in [0.25, 0.3) is 16.9 Å². The molecule has 0 aliphatic rings. The number of aromatic nitrogens is 3. The van der Waals surface area contributed by atoms with Gasteiger partial charge in [-0.3, -0.25) is 0 Å². The Hall–Kier alpha value is -2.47. The normalized spacial score (nSPS) is 11.3. The summed E-state index contributed by atoms with van der Waals surface area (Å²) in [6.45, 7) is 1.78. The minimum atomic E-state index is -0.264. The standard InChI is InChI=1S/C17H20FN5/c1-21(2)9-10-22(3)17-12-15(13-5-4-6-14(18)11-13)20-16-7-8-19-23(16)17/h4-8,11-12H,9-10H2,1-3H3. The van der Waals surface area contributed by atoms with E-state index in [2.05, 4.69) is 19.9 Å². The molecule has 1 aromatic carbocycles. The quantitative estimate of drug-likeness (QED) is 0.725. The van der Waals surface area contributed by atoms with Gasteiger partial charge in [-0.25, -0.2) is 9.37 Å². The maximum Gasteiger partial charge on any atom is 0.157 e. The molecule has 0 saturated heterocycles. The lowest BCUT2D eigenvalue weighted by atomic mass is 10.1. The van der Waals surface area contributed by atoms with Crippen molar-refractivity contribution in [3.05, 3.63) is 48.4 Å². The molecule has 0 unspecified atom stereocenters. The molecule has 0 N–H and O–H groups in total. The minimum Gasteiger partial charge on any atom is -0.358 e. The van der Waals surface area contributed by atoms with Crippen LogP contribution < -0.4 is 4.90 Å². The fourth-order valence-electron chi connectivity index (χ4n) is 2.43. The Morgan fingerprint density at radius 1 is 1.09 bits per heavy atom. The lowest BCUT2D eigenvalue weighted by molar-refractivity contribution is 0.416. The number of hydrogen-bond acceptors (Lipinski definition) is 4. The molecule has 23 heavy (non-hydrogen) atoms. The zero-order valence-electron chi connectivity index (χ0n) is 13.6. The summed E-state index contributed by atoms with van der Waals surface area (Å²) in [6, 6.07) is 10.3. The van der Waals surface area contributed by atoms with E-state index >= 15 is 0 Å². The van der Waals surface area contributed by atoms with Crippen molar-refractivity contribution in [2.24, 2.45) is 0 Å². The van der Waals surface area contributed by atoms with Crippen LogP contribution in [0.3, 0.4) is 0 Å². The third kappa shape index (κ3) is 3.32. The molecule has 2 aromatic heterocycles. The lowest BCUT2D eigenvalue weighted by Crippen LogP contribution is -2.29. The van der Waals surface area contributed by atoms with Gasteiger partial charge in [-0.1, -0.05) is 12.1 Å². The second kappa shape index (κ2) is 6.34. The van der Waals surface area contributed by atoms with Crippen molar-refractivity contribution >= 4 is 11.5 Å². The molecule has 120 valence electrons. The van der Waals surface area contributed by atoms with E-state index in [4.69, 9.17) is 0 Å². The fraction of sp³-hybridized carbons (Fsp3) is 0.294. The molecule has 0 aliphatic heterocycles. The first-order valence-corrected chi connectivity index (χ1v) is 7.51. The summed E-state index contributed by atoms with van der Waals surface area (Å²) in [5, 5.41) is 4.34. The molecule has 0 atom stereocenters. The van der Waals surface area contributed by atoms with Crippen LogP contribution in [0, 0.1) is 5.82 Å². The highest BCUT2D eigenvalue weighted by Gasteiger charge is 2.12. The van der Waals surface area contributed by atoms with E-state index in [1.165, 1.54) is 12.1 Å². The highest BCUT2D eigenvalue weighted by molar-refractivity contribution is 5.66. The van der Waals surface area contributed by atoms with Crippen LogP contribution in [0.4, 0.5) is 10.2 Å². The SMILES string of the molecule is CN(C)CCN(C)c1cc(-c2cccc(F)c2)nc2ccnn12. The molecule has 0 radical (unpaired) electrons. The van der Waals surface area contributed by atoms with Crippen LogP contribution in [0.2, 0.25) is 0 Å². The Bertz CT molecular complexity index is 812. The molecular formula is C17H20FN5. The van der Waals surface area contributed by atoms with E-state index in [1.807, 2.05) is 39.3 Å². The molecular weight excluding hydrogens is 293 g/mol. The molecule has 0 fully saturated rings. The molecule has 5 nitrogen and oxygen atoms in total. The Labute approximate surface area is 135 Å². The summed E-state index contributed by atoms with van der Waals surface area (Å²) >= 11 is 0. The third-order valence-electron chi connectivity index (χ3n) is 3.73. The first-order chi connectivity index (χ1) is 11.0. The number of benzene rings is 1. The van der Waals surface area contributed by atoms with Crippen LogP contribution in [0.5, 0.6) is 0 Å². The van der Waals surface area contributed by atoms with Gasteiger partial charge in [-0.05, 0) is 26.2 Å². The number of hydrogen-bond donors (Lipinski definition) is 0. The van der Waals surface area contributed by atoms with Gasteiger partial charge in [0.1, 0.15) is 11.6 Å². The average molecular weight is 313 g/mol. The second-order valence-electron chi connectivity index (χ2n) is 5.84. The predicted octanol–water partition coefficient (Wildman–Crippen LogP) is 2.53. The van der Waals surface area contributed by atoms with Gasteiger partial charge < -0.3 is 9.80 Å². The molecule has 3 aromatic rings. The van der Waals surface area contributed by atoms with Crippen LogP contribution in [-0.2, 0) is 0 Å². The van der Waals surface area contributed by atoms with Gasteiger partial charge in [-0.2, -0.15) is 9.61 Å². The zero-order chi connectivity index (χ0) is 16.4. The van der Waals surface area contributed by atoms with Crippen molar-refractivity contribution in [1.82, 2.24) is 19.5 Å². The first kappa shape index (κ1) is 15.4. The van der Waals surface area contributed by atoms with Gasteiger partial charge in [0.05, 0.1) is 11.9 Å². The summed E-state index contributed by atoms with van der Waals surface area (Å²) < 4.78 is 15.3. The van der Waals surface area contributed by atoms with Gasteiger partial charge >= 0.3 is 0 Å². The van der Waals surface area contributed by atoms with Gasteiger partial charge in [0.15, 0.2) is 5.65 Å². The van der Waals surface area contributed by atoms with E-state index in [1.54, 1.807) is 16.8 Å². The van der Waals surface area contributed by atoms with Crippen LogP contribution >= 0.6 is 0 Å². The van der Waals surface area contributed by atoms with Gasteiger partial charge in [-0.15, -0.1) is 0 Å². The van der Waals surface area contributed by atoms with E-state index in [-0.39, 0.29) is 5.82 Å². The Balaban J connectivity index is 2.04.